The minimum atomic E-state index is -2.93. The van der Waals surface area contributed by atoms with Crippen LogP contribution in [-0.2, 0) is 0 Å². The molecular weight excluding hydrogens is 140 g/mol. The molecule has 0 aliphatic heterocycles. The van der Waals surface area contributed by atoms with Gasteiger partial charge in [-0.3, -0.25) is 0 Å². The Labute approximate surface area is 58.2 Å². The van der Waals surface area contributed by atoms with Crippen LogP contribution >= 0.6 is 0 Å². The molecule has 0 fully saturated rings. The van der Waals surface area contributed by atoms with Crippen molar-refractivity contribution in [2.24, 2.45) is 5.92 Å². The van der Waals surface area contributed by atoms with E-state index in [4.69, 9.17) is 25.5 Å². The van der Waals surface area contributed by atoms with E-state index in [0.29, 0.717) is 0 Å². The summed E-state index contributed by atoms with van der Waals surface area (Å²) in [4.78, 5) is 0. The largest absolute Gasteiger partial charge is 0.394 e. The first-order chi connectivity index (χ1) is 4.39. The van der Waals surface area contributed by atoms with Gasteiger partial charge in [-0.05, 0) is 0 Å². The SMILES string of the molecule is C[C@H]([C@@H](O)CO)C(O)(O)O. The van der Waals surface area contributed by atoms with E-state index in [-0.39, 0.29) is 0 Å². The molecule has 0 rings (SSSR count). The lowest BCUT2D eigenvalue weighted by Crippen LogP contribution is -2.43. The zero-order valence-corrected chi connectivity index (χ0v) is 5.60. The summed E-state index contributed by atoms with van der Waals surface area (Å²) in [5, 5.41) is 42.3. The molecule has 0 saturated carbocycles. The van der Waals surface area contributed by atoms with Gasteiger partial charge in [-0.25, -0.2) is 0 Å². The first-order valence-electron chi connectivity index (χ1n) is 2.85. The predicted molar refractivity (Wildman–Crippen MR) is 31.6 cm³/mol. The average molecular weight is 152 g/mol. The molecule has 2 atom stereocenters. The van der Waals surface area contributed by atoms with Crippen molar-refractivity contribution in [2.75, 3.05) is 6.61 Å². The van der Waals surface area contributed by atoms with Crippen LogP contribution in [0.4, 0.5) is 0 Å². The third-order valence-corrected chi connectivity index (χ3v) is 1.38. The van der Waals surface area contributed by atoms with Crippen molar-refractivity contribution in [3.8, 4) is 0 Å². The Morgan fingerprint density at radius 2 is 1.70 bits per heavy atom. The average Bonchev–Trinajstić information content (AvgIpc) is 1.83. The molecule has 0 amide bonds. The summed E-state index contributed by atoms with van der Waals surface area (Å²) >= 11 is 0. The van der Waals surface area contributed by atoms with Gasteiger partial charge < -0.3 is 25.5 Å². The molecule has 0 unspecified atom stereocenters. The molecule has 0 aliphatic rings. The highest BCUT2D eigenvalue weighted by atomic mass is 16.7. The summed E-state index contributed by atoms with van der Waals surface area (Å²) in [6.07, 6.45) is -1.33. The van der Waals surface area contributed by atoms with Gasteiger partial charge in [0.05, 0.1) is 18.6 Å². The fraction of sp³-hybridized carbons (Fsp3) is 1.00. The van der Waals surface area contributed by atoms with Crippen molar-refractivity contribution >= 4 is 0 Å². The van der Waals surface area contributed by atoms with Crippen molar-refractivity contribution in [1.82, 2.24) is 0 Å². The van der Waals surface area contributed by atoms with E-state index >= 15 is 0 Å². The van der Waals surface area contributed by atoms with Crippen molar-refractivity contribution in [3.63, 3.8) is 0 Å². The molecule has 10 heavy (non-hydrogen) atoms. The maximum absolute atomic E-state index is 8.73. The van der Waals surface area contributed by atoms with Crippen LogP contribution in [0.15, 0.2) is 0 Å². The Morgan fingerprint density at radius 1 is 1.30 bits per heavy atom. The fourth-order valence-electron chi connectivity index (χ4n) is 0.416. The minimum Gasteiger partial charge on any atom is -0.394 e. The summed E-state index contributed by atoms with van der Waals surface area (Å²) in [6.45, 7) is 0.575. The van der Waals surface area contributed by atoms with Gasteiger partial charge in [0.15, 0.2) is 0 Å². The van der Waals surface area contributed by atoms with E-state index in [1.54, 1.807) is 0 Å². The summed E-state index contributed by atoms with van der Waals surface area (Å²) in [5.41, 5.74) is 0. The van der Waals surface area contributed by atoms with E-state index in [1.807, 2.05) is 0 Å². The Bertz CT molecular complexity index is 96.7. The van der Waals surface area contributed by atoms with Gasteiger partial charge in [0, 0.05) is 0 Å². The lowest BCUT2D eigenvalue weighted by Gasteiger charge is -2.25. The normalized spacial score (nSPS) is 18.6. The standard InChI is InChI=1S/C5H12O5/c1-3(4(7)2-6)5(8,9)10/h3-4,6-10H,2H2,1H3/t3-,4+/m1/s1. The van der Waals surface area contributed by atoms with Gasteiger partial charge in [-0.1, -0.05) is 6.92 Å². The van der Waals surface area contributed by atoms with Crippen LogP contribution in [0.3, 0.4) is 0 Å². The molecule has 0 aliphatic carbocycles. The fourth-order valence-corrected chi connectivity index (χ4v) is 0.416. The number of aliphatic hydroxyl groups excluding tert-OH is 2. The molecule has 0 aromatic heterocycles. The highest BCUT2D eigenvalue weighted by Crippen LogP contribution is 2.13. The molecule has 0 saturated heterocycles. The smallest absolute Gasteiger partial charge is 0.280 e. The molecule has 0 aromatic rings. The van der Waals surface area contributed by atoms with Crippen LogP contribution in [-0.4, -0.2) is 44.2 Å². The van der Waals surface area contributed by atoms with E-state index in [2.05, 4.69) is 0 Å². The Kier molecular flexibility index (Phi) is 3.20. The highest BCUT2D eigenvalue weighted by molar-refractivity contribution is 4.68. The molecule has 5 heteroatoms. The third kappa shape index (κ3) is 2.59. The number of aliphatic hydroxyl groups is 5. The quantitative estimate of drug-likeness (QED) is 0.290. The number of rotatable bonds is 3. The molecule has 5 nitrogen and oxygen atoms in total. The van der Waals surface area contributed by atoms with Crippen molar-refractivity contribution in [2.45, 2.75) is 19.0 Å². The van der Waals surface area contributed by atoms with Crippen molar-refractivity contribution in [1.29, 1.82) is 0 Å². The first-order valence-corrected chi connectivity index (χ1v) is 2.85. The van der Waals surface area contributed by atoms with Crippen molar-refractivity contribution < 1.29 is 25.5 Å². The van der Waals surface area contributed by atoms with Crippen LogP contribution < -0.4 is 0 Å². The molecule has 5 N–H and O–H groups in total. The van der Waals surface area contributed by atoms with Gasteiger partial charge in [0.1, 0.15) is 0 Å². The van der Waals surface area contributed by atoms with E-state index in [9.17, 15) is 0 Å². The van der Waals surface area contributed by atoms with Crippen LogP contribution in [0.5, 0.6) is 0 Å². The molecule has 0 bridgehead atoms. The predicted octanol–water partition coefficient (Wildman–Crippen LogP) is -2.39. The maximum Gasteiger partial charge on any atom is 0.280 e. The maximum atomic E-state index is 8.73. The second-order valence-corrected chi connectivity index (χ2v) is 2.23. The van der Waals surface area contributed by atoms with Gasteiger partial charge in [0.2, 0.25) is 0 Å². The molecule has 62 valence electrons. The lowest BCUT2D eigenvalue weighted by atomic mass is 10.0. The molecule has 0 radical (unpaired) electrons. The van der Waals surface area contributed by atoms with Crippen LogP contribution in [0.1, 0.15) is 6.92 Å². The lowest BCUT2D eigenvalue weighted by molar-refractivity contribution is -0.351. The Hall–Kier alpha value is -0.200. The highest BCUT2D eigenvalue weighted by Gasteiger charge is 2.33. The monoisotopic (exact) mass is 152 g/mol. The van der Waals surface area contributed by atoms with E-state index < -0.39 is 24.6 Å². The zero-order chi connectivity index (χ0) is 8.36. The first kappa shape index (κ1) is 9.80. The molecule has 0 heterocycles. The van der Waals surface area contributed by atoms with Crippen molar-refractivity contribution in [3.05, 3.63) is 0 Å². The topological polar surface area (TPSA) is 101 Å². The number of hydrogen-bond donors (Lipinski definition) is 5. The van der Waals surface area contributed by atoms with Crippen LogP contribution in [0.2, 0.25) is 0 Å². The van der Waals surface area contributed by atoms with E-state index in [1.165, 1.54) is 6.92 Å². The van der Waals surface area contributed by atoms with Crippen LogP contribution in [0, 0.1) is 5.92 Å². The summed E-state index contributed by atoms with van der Waals surface area (Å²) in [7, 11) is 0. The van der Waals surface area contributed by atoms with Gasteiger partial charge in [-0.2, -0.15) is 0 Å². The number of hydrogen-bond acceptors (Lipinski definition) is 5. The molecular formula is C5H12O5. The molecule has 0 spiro atoms. The zero-order valence-electron chi connectivity index (χ0n) is 5.60. The Morgan fingerprint density at radius 3 is 1.80 bits per heavy atom. The second-order valence-electron chi connectivity index (χ2n) is 2.23. The Balaban J connectivity index is 3.94. The van der Waals surface area contributed by atoms with Gasteiger partial charge >= 0.3 is 0 Å². The van der Waals surface area contributed by atoms with Gasteiger partial charge in [0.25, 0.3) is 5.97 Å². The van der Waals surface area contributed by atoms with E-state index in [0.717, 1.165) is 0 Å². The summed E-state index contributed by atoms with van der Waals surface area (Å²) < 4.78 is 0. The minimum absolute atomic E-state index is 0.620. The summed E-state index contributed by atoms with van der Waals surface area (Å²) in [6, 6.07) is 0. The molecule has 0 aromatic carbocycles. The van der Waals surface area contributed by atoms with Gasteiger partial charge in [-0.15, -0.1) is 0 Å². The third-order valence-electron chi connectivity index (χ3n) is 1.38. The summed E-state index contributed by atoms with van der Waals surface area (Å²) in [5.74, 6) is -4.13. The second kappa shape index (κ2) is 3.27. The van der Waals surface area contributed by atoms with Crippen LogP contribution in [0.25, 0.3) is 0 Å².